The Morgan fingerprint density at radius 2 is 1.80 bits per heavy atom. The summed E-state index contributed by atoms with van der Waals surface area (Å²) < 4.78 is 0. The largest absolute Gasteiger partial charge is 0.342 e. The number of carbonyl (C=O) groups excluding carboxylic acids is 2. The molecule has 0 aromatic heterocycles. The molecule has 0 unspecified atom stereocenters. The highest BCUT2D eigenvalue weighted by Gasteiger charge is 2.09. The van der Waals surface area contributed by atoms with Gasteiger partial charge in [0.05, 0.1) is 6.54 Å². The molecule has 0 fully saturated rings. The van der Waals surface area contributed by atoms with E-state index in [0.717, 1.165) is 24.3 Å². The topological polar surface area (TPSA) is 61.4 Å². The van der Waals surface area contributed by atoms with Gasteiger partial charge in [-0.2, -0.15) is 0 Å². The molecule has 0 spiro atoms. The summed E-state index contributed by atoms with van der Waals surface area (Å²) in [7, 11) is 0. The van der Waals surface area contributed by atoms with E-state index in [1.165, 1.54) is 6.92 Å². The average molecular weight is 277 g/mol. The highest BCUT2D eigenvalue weighted by atomic mass is 16.2. The molecule has 2 N–H and O–H groups in total. The van der Waals surface area contributed by atoms with Crippen LogP contribution in [0.1, 0.15) is 26.3 Å². The third kappa shape index (κ3) is 5.01. The van der Waals surface area contributed by atoms with Gasteiger partial charge in [0.15, 0.2) is 0 Å². The Balaban J connectivity index is 2.53. The van der Waals surface area contributed by atoms with E-state index in [9.17, 15) is 9.59 Å². The van der Waals surface area contributed by atoms with Gasteiger partial charge in [-0.15, -0.1) is 0 Å². The standard InChI is InChI=1S/C15H23N3O2/c1-4-18(5-2)15(20)11-16-10-13-8-6-7-9-14(13)17-12(3)19/h6-9,16H,4-5,10-11H2,1-3H3,(H,17,19). The summed E-state index contributed by atoms with van der Waals surface area (Å²) in [6, 6.07) is 7.56. The van der Waals surface area contributed by atoms with Gasteiger partial charge in [0.1, 0.15) is 0 Å². The molecule has 0 aliphatic heterocycles. The number of carbonyl (C=O) groups is 2. The van der Waals surface area contributed by atoms with Crippen LogP contribution >= 0.6 is 0 Å². The fourth-order valence-corrected chi connectivity index (χ4v) is 1.98. The smallest absolute Gasteiger partial charge is 0.236 e. The highest BCUT2D eigenvalue weighted by Crippen LogP contribution is 2.14. The molecule has 0 aliphatic carbocycles. The fraction of sp³-hybridized carbons (Fsp3) is 0.467. The third-order valence-electron chi connectivity index (χ3n) is 3.04. The molecule has 0 radical (unpaired) electrons. The molecule has 5 nitrogen and oxygen atoms in total. The van der Waals surface area contributed by atoms with Crippen LogP contribution in [0.2, 0.25) is 0 Å². The molecule has 20 heavy (non-hydrogen) atoms. The van der Waals surface area contributed by atoms with Crippen molar-refractivity contribution in [3.05, 3.63) is 29.8 Å². The SMILES string of the molecule is CCN(CC)C(=O)CNCc1ccccc1NC(C)=O. The molecule has 1 aromatic rings. The molecule has 1 rings (SSSR count). The lowest BCUT2D eigenvalue weighted by Crippen LogP contribution is -2.37. The first-order valence-electron chi connectivity index (χ1n) is 6.92. The number of nitrogens with zero attached hydrogens (tertiary/aromatic N) is 1. The zero-order valence-corrected chi connectivity index (χ0v) is 12.4. The van der Waals surface area contributed by atoms with Gasteiger partial charge in [-0.3, -0.25) is 9.59 Å². The third-order valence-corrected chi connectivity index (χ3v) is 3.04. The highest BCUT2D eigenvalue weighted by molar-refractivity contribution is 5.89. The molecule has 0 saturated carbocycles. The predicted molar refractivity (Wildman–Crippen MR) is 80.4 cm³/mol. The van der Waals surface area contributed by atoms with E-state index in [-0.39, 0.29) is 11.8 Å². The van der Waals surface area contributed by atoms with Crippen molar-refractivity contribution >= 4 is 17.5 Å². The maximum Gasteiger partial charge on any atom is 0.236 e. The van der Waals surface area contributed by atoms with Crippen LogP contribution in [0.4, 0.5) is 5.69 Å². The number of para-hydroxylation sites is 1. The normalized spacial score (nSPS) is 10.2. The minimum absolute atomic E-state index is 0.0898. The molecule has 0 atom stereocenters. The Morgan fingerprint density at radius 3 is 2.40 bits per heavy atom. The number of nitrogens with one attached hydrogen (secondary N) is 2. The van der Waals surface area contributed by atoms with Crippen molar-refractivity contribution in [1.82, 2.24) is 10.2 Å². The summed E-state index contributed by atoms with van der Waals surface area (Å²) in [5, 5.41) is 5.90. The van der Waals surface area contributed by atoms with E-state index in [2.05, 4.69) is 10.6 Å². The number of hydrogen-bond donors (Lipinski definition) is 2. The molecule has 0 bridgehead atoms. The maximum absolute atomic E-state index is 11.9. The van der Waals surface area contributed by atoms with Crippen molar-refractivity contribution in [2.24, 2.45) is 0 Å². The number of rotatable bonds is 7. The Hall–Kier alpha value is -1.88. The molecule has 0 saturated heterocycles. The number of amides is 2. The van der Waals surface area contributed by atoms with E-state index < -0.39 is 0 Å². The first kappa shape index (κ1) is 16.2. The Kier molecular flexibility index (Phi) is 6.73. The van der Waals surface area contributed by atoms with Crippen LogP contribution in [0.25, 0.3) is 0 Å². The molecule has 2 amide bonds. The second-order valence-corrected chi connectivity index (χ2v) is 4.51. The van der Waals surface area contributed by atoms with Crippen molar-refractivity contribution < 1.29 is 9.59 Å². The lowest BCUT2D eigenvalue weighted by atomic mass is 10.1. The summed E-state index contributed by atoms with van der Waals surface area (Å²) in [4.78, 5) is 24.8. The molecule has 1 aromatic carbocycles. The summed E-state index contributed by atoms with van der Waals surface area (Å²) in [6.07, 6.45) is 0. The molecule has 0 heterocycles. The minimum Gasteiger partial charge on any atom is -0.342 e. The van der Waals surface area contributed by atoms with Gasteiger partial charge in [-0.1, -0.05) is 18.2 Å². The van der Waals surface area contributed by atoms with Gasteiger partial charge in [-0.05, 0) is 25.5 Å². The van der Waals surface area contributed by atoms with Crippen molar-refractivity contribution in [3.8, 4) is 0 Å². The Bertz CT molecular complexity index is 456. The van der Waals surface area contributed by atoms with Gasteiger partial charge in [-0.25, -0.2) is 0 Å². The fourth-order valence-electron chi connectivity index (χ4n) is 1.98. The van der Waals surface area contributed by atoms with Crippen LogP contribution in [0.15, 0.2) is 24.3 Å². The van der Waals surface area contributed by atoms with Crippen LogP contribution in [0.3, 0.4) is 0 Å². The monoisotopic (exact) mass is 277 g/mol. The van der Waals surface area contributed by atoms with Crippen molar-refractivity contribution in [3.63, 3.8) is 0 Å². The van der Waals surface area contributed by atoms with Crippen LogP contribution in [0, 0.1) is 0 Å². The molecular formula is C15H23N3O2. The van der Waals surface area contributed by atoms with Gasteiger partial charge in [0.25, 0.3) is 0 Å². The second kappa shape index (κ2) is 8.32. The van der Waals surface area contributed by atoms with Gasteiger partial charge < -0.3 is 15.5 Å². The van der Waals surface area contributed by atoms with Gasteiger partial charge in [0.2, 0.25) is 11.8 Å². The number of likely N-dealkylation sites (N-methyl/N-ethyl adjacent to an activating group) is 1. The Labute approximate surface area is 120 Å². The zero-order valence-electron chi connectivity index (χ0n) is 12.4. The molecule has 5 heteroatoms. The Morgan fingerprint density at radius 1 is 1.15 bits per heavy atom. The van der Waals surface area contributed by atoms with Crippen LogP contribution in [-0.4, -0.2) is 36.3 Å². The summed E-state index contributed by atoms with van der Waals surface area (Å²) in [5.41, 5.74) is 1.75. The lowest BCUT2D eigenvalue weighted by molar-refractivity contribution is -0.129. The van der Waals surface area contributed by atoms with E-state index in [1.807, 2.05) is 38.1 Å². The van der Waals surface area contributed by atoms with Crippen molar-refractivity contribution in [1.29, 1.82) is 0 Å². The quantitative estimate of drug-likeness (QED) is 0.796. The number of benzene rings is 1. The molecule has 110 valence electrons. The minimum atomic E-state index is -0.100. The molecule has 0 aliphatic rings. The van der Waals surface area contributed by atoms with Crippen LogP contribution < -0.4 is 10.6 Å². The molecular weight excluding hydrogens is 254 g/mol. The predicted octanol–water partition coefficient (Wildman–Crippen LogP) is 1.60. The van der Waals surface area contributed by atoms with E-state index in [1.54, 1.807) is 4.90 Å². The number of anilines is 1. The first-order chi connectivity index (χ1) is 9.58. The van der Waals surface area contributed by atoms with Crippen molar-refractivity contribution in [2.45, 2.75) is 27.3 Å². The average Bonchev–Trinajstić information content (AvgIpc) is 2.41. The van der Waals surface area contributed by atoms with Crippen LogP contribution in [0.5, 0.6) is 0 Å². The van der Waals surface area contributed by atoms with Crippen LogP contribution in [-0.2, 0) is 16.1 Å². The number of hydrogen-bond acceptors (Lipinski definition) is 3. The van der Waals surface area contributed by atoms with E-state index >= 15 is 0 Å². The van der Waals surface area contributed by atoms with Gasteiger partial charge in [0, 0.05) is 32.2 Å². The zero-order chi connectivity index (χ0) is 15.0. The van der Waals surface area contributed by atoms with E-state index in [4.69, 9.17) is 0 Å². The van der Waals surface area contributed by atoms with E-state index in [0.29, 0.717) is 13.1 Å². The van der Waals surface area contributed by atoms with Gasteiger partial charge >= 0.3 is 0 Å². The summed E-state index contributed by atoms with van der Waals surface area (Å²) in [5.74, 6) is -0.0105. The first-order valence-corrected chi connectivity index (χ1v) is 6.92. The van der Waals surface area contributed by atoms with Crippen molar-refractivity contribution in [2.75, 3.05) is 25.0 Å². The lowest BCUT2D eigenvalue weighted by Gasteiger charge is -2.19. The summed E-state index contributed by atoms with van der Waals surface area (Å²) >= 11 is 0. The maximum atomic E-state index is 11.9. The summed E-state index contributed by atoms with van der Waals surface area (Å²) in [6.45, 7) is 7.70. The second-order valence-electron chi connectivity index (χ2n) is 4.51.